The number of benzene rings is 2. The van der Waals surface area contributed by atoms with Crippen LogP contribution in [0.5, 0.6) is 11.5 Å². The first-order valence-corrected chi connectivity index (χ1v) is 9.12. The van der Waals surface area contributed by atoms with Crippen LogP contribution in [0.25, 0.3) is 0 Å². The molecule has 1 atom stereocenters. The third kappa shape index (κ3) is 3.44. The molecule has 29 heavy (non-hydrogen) atoms. The number of carbonyl (C=O) groups is 1. The van der Waals surface area contributed by atoms with E-state index >= 15 is 0 Å². The van der Waals surface area contributed by atoms with Crippen LogP contribution in [0, 0.1) is 5.82 Å². The largest absolute Gasteiger partial charge is 0.489 e. The van der Waals surface area contributed by atoms with Crippen LogP contribution in [0.1, 0.15) is 11.4 Å². The fourth-order valence-electron chi connectivity index (χ4n) is 3.60. The monoisotopic (exact) mass is 396 g/mol. The molecule has 1 aromatic heterocycles. The van der Waals surface area contributed by atoms with Crippen molar-refractivity contribution in [2.75, 3.05) is 23.4 Å². The summed E-state index contributed by atoms with van der Waals surface area (Å²) in [5.41, 5.74) is 2.38. The Hall–Kier alpha value is -3.69. The van der Waals surface area contributed by atoms with Crippen molar-refractivity contribution in [2.24, 2.45) is 0 Å². The first-order valence-electron chi connectivity index (χ1n) is 9.12. The number of fused-ring (bicyclic) bond motifs is 2. The predicted molar refractivity (Wildman–Crippen MR) is 100 cm³/mol. The van der Waals surface area contributed by atoms with Gasteiger partial charge in [-0.2, -0.15) is 5.21 Å². The summed E-state index contributed by atoms with van der Waals surface area (Å²) in [6.45, 7) is 0.894. The maximum Gasteiger partial charge on any atom is 0.262 e. The van der Waals surface area contributed by atoms with E-state index in [1.807, 2.05) is 18.2 Å². The van der Waals surface area contributed by atoms with Gasteiger partial charge in [0.2, 0.25) is 0 Å². The van der Waals surface area contributed by atoms with Crippen molar-refractivity contribution in [1.82, 2.24) is 20.6 Å². The summed E-state index contributed by atoms with van der Waals surface area (Å²) in [5, 5.41) is 17.0. The second kappa shape index (κ2) is 7.04. The van der Waals surface area contributed by atoms with Gasteiger partial charge in [0.25, 0.3) is 5.91 Å². The highest BCUT2D eigenvalue weighted by Crippen LogP contribution is 2.37. The van der Waals surface area contributed by atoms with Gasteiger partial charge in [0.15, 0.2) is 12.4 Å². The Labute approximate surface area is 164 Å². The van der Waals surface area contributed by atoms with Crippen LogP contribution in [-0.4, -0.2) is 45.8 Å². The maximum atomic E-state index is 13.7. The highest BCUT2D eigenvalue weighted by molar-refractivity contribution is 5.95. The molecule has 5 rings (SSSR count). The Morgan fingerprint density at radius 3 is 2.97 bits per heavy atom. The molecule has 3 heterocycles. The zero-order valence-corrected chi connectivity index (χ0v) is 15.3. The van der Waals surface area contributed by atoms with Gasteiger partial charge in [0, 0.05) is 19.0 Å². The van der Waals surface area contributed by atoms with Gasteiger partial charge in [-0.05, 0) is 29.8 Å². The SMILES string of the molecule is O=C1COc2ccc(CN3c4ccc(F)cc4OC[C@@H]3Cc3nn[nH]n3)cc2N1. The number of hydrogen-bond acceptors (Lipinski definition) is 7. The number of rotatable bonds is 4. The van der Waals surface area contributed by atoms with E-state index in [4.69, 9.17) is 9.47 Å². The summed E-state index contributed by atoms with van der Waals surface area (Å²) in [5.74, 6) is 1.16. The normalized spacial score (nSPS) is 17.6. The van der Waals surface area contributed by atoms with E-state index < -0.39 is 0 Å². The summed E-state index contributed by atoms with van der Waals surface area (Å²) >= 11 is 0. The molecule has 3 aromatic rings. The summed E-state index contributed by atoms with van der Waals surface area (Å²) in [4.78, 5) is 13.8. The average molecular weight is 396 g/mol. The van der Waals surface area contributed by atoms with Gasteiger partial charge < -0.3 is 19.7 Å². The van der Waals surface area contributed by atoms with Gasteiger partial charge in [0.1, 0.15) is 23.9 Å². The Kier molecular flexibility index (Phi) is 4.23. The number of H-pyrrole nitrogens is 1. The summed E-state index contributed by atoms with van der Waals surface area (Å²) < 4.78 is 24.9. The van der Waals surface area contributed by atoms with Crippen LogP contribution in [0.4, 0.5) is 15.8 Å². The molecule has 0 radical (unpaired) electrons. The number of carbonyl (C=O) groups excluding carboxylic acids is 1. The number of nitrogens with zero attached hydrogens (tertiary/aromatic N) is 4. The molecule has 0 spiro atoms. The van der Waals surface area contributed by atoms with Crippen molar-refractivity contribution < 1.29 is 18.7 Å². The van der Waals surface area contributed by atoms with Crippen LogP contribution >= 0.6 is 0 Å². The lowest BCUT2D eigenvalue weighted by Gasteiger charge is -2.38. The minimum absolute atomic E-state index is 0.0154. The number of tetrazole rings is 1. The van der Waals surface area contributed by atoms with Crippen LogP contribution in [0.3, 0.4) is 0 Å². The third-order valence-electron chi connectivity index (χ3n) is 4.94. The Balaban J connectivity index is 1.47. The fraction of sp³-hybridized carbons (Fsp3) is 0.263. The summed E-state index contributed by atoms with van der Waals surface area (Å²) in [6, 6.07) is 10.1. The number of halogens is 1. The minimum atomic E-state index is -0.353. The van der Waals surface area contributed by atoms with E-state index in [1.165, 1.54) is 12.1 Å². The van der Waals surface area contributed by atoms with Gasteiger partial charge in [0.05, 0.1) is 17.4 Å². The van der Waals surface area contributed by atoms with Gasteiger partial charge in [-0.25, -0.2) is 4.39 Å². The molecule has 0 fully saturated rings. The molecule has 0 bridgehead atoms. The second-order valence-electron chi connectivity index (χ2n) is 6.90. The zero-order chi connectivity index (χ0) is 19.8. The molecule has 2 aliphatic heterocycles. The second-order valence-corrected chi connectivity index (χ2v) is 6.90. The molecule has 0 unspecified atom stereocenters. The molecule has 2 aromatic carbocycles. The molecule has 2 N–H and O–H groups in total. The number of ether oxygens (including phenoxy) is 2. The van der Waals surface area contributed by atoms with Gasteiger partial charge in [-0.3, -0.25) is 4.79 Å². The predicted octanol–water partition coefficient (Wildman–Crippen LogP) is 1.68. The van der Waals surface area contributed by atoms with Gasteiger partial charge in [-0.1, -0.05) is 11.3 Å². The summed E-state index contributed by atoms with van der Waals surface area (Å²) in [6.07, 6.45) is 0.512. The van der Waals surface area contributed by atoms with Crippen molar-refractivity contribution in [3.63, 3.8) is 0 Å². The van der Waals surface area contributed by atoms with Crippen molar-refractivity contribution >= 4 is 17.3 Å². The number of amides is 1. The zero-order valence-electron chi connectivity index (χ0n) is 15.3. The van der Waals surface area contributed by atoms with Crippen LogP contribution in [-0.2, 0) is 17.8 Å². The highest BCUT2D eigenvalue weighted by atomic mass is 19.1. The van der Waals surface area contributed by atoms with Crippen molar-refractivity contribution in [1.29, 1.82) is 0 Å². The van der Waals surface area contributed by atoms with E-state index in [0.717, 1.165) is 11.3 Å². The minimum Gasteiger partial charge on any atom is -0.489 e. The Bertz CT molecular complexity index is 1060. The molecule has 0 saturated heterocycles. The van der Waals surface area contributed by atoms with E-state index in [0.29, 0.717) is 42.6 Å². The summed E-state index contributed by atoms with van der Waals surface area (Å²) in [7, 11) is 0. The number of hydrogen-bond donors (Lipinski definition) is 2. The lowest BCUT2D eigenvalue weighted by atomic mass is 10.1. The molecular weight excluding hydrogens is 379 g/mol. The number of aromatic nitrogens is 4. The lowest BCUT2D eigenvalue weighted by Crippen LogP contribution is -2.44. The van der Waals surface area contributed by atoms with Gasteiger partial charge in [-0.15, -0.1) is 10.2 Å². The molecular formula is C19H17FN6O3. The number of nitrogens with one attached hydrogen (secondary N) is 2. The lowest BCUT2D eigenvalue weighted by molar-refractivity contribution is -0.118. The first-order chi connectivity index (χ1) is 14.2. The first kappa shape index (κ1) is 17.4. The molecule has 1 amide bonds. The van der Waals surface area contributed by atoms with Crippen molar-refractivity contribution in [3.05, 3.63) is 53.6 Å². The third-order valence-corrected chi connectivity index (χ3v) is 4.94. The van der Waals surface area contributed by atoms with Crippen LogP contribution in [0.2, 0.25) is 0 Å². The molecule has 2 aliphatic rings. The van der Waals surface area contributed by atoms with E-state index in [-0.39, 0.29) is 24.4 Å². The molecule has 0 saturated carbocycles. The quantitative estimate of drug-likeness (QED) is 0.691. The van der Waals surface area contributed by atoms with Crippen LogP contribution < -0.4 is 19.7 Å². The molecule has 10 heteroatoms. The molecule has 148 valence electrons. The van der Waals surface area contributed by atoms with E-state index in [9.17, 15) is 9.18 Å². The maximum absolute atomic E-state index is 13.7. The van der Waals surface area contributed by atoms with E-state index in [1.54, 1.807) is 6.07 Å². The standard InChI is InChI=1S/C19H17FN6O3/c20-12-2-3-15-17(6-12)28-9-13(7-18-22-24-25-23-18)26(15)8-11-1-4-16-14(5-11)21-19(27)10-29-16/h1-6,13H,7-10H2,(H,21,27)(H,22,23,24,25)/t13-/m0/s1. The number of aromatic amines is 1. The topological polar surface area (TPSA) is 105 Å². The fourth-order valence-corrected chi connectivity index (χ4v) is 3.60. The van der Waals surface area contributed by atoms with Crippen molar-refractivity contribution in [2.45, 2.75) is 19.0 Å². The smallest absolute Gasteiger partial charge is 0.262 e. The number of anilines is 2. The Morgan fingerprint density at radius 1 is 1.17 bits per heavy atom. The van der Waals surface area contributed by atoms with Gasteiger partial charge >= 0.3 is 0 Å². The molecule has 9 nitrogen and oxygen atoms in total. The highest BCUT2D eigenvalue weighted by Gasteiger charge is 2.30. The van der Waals surface area contributed by atoms with Crippen LogP contribution in [0.15, 0.2) is 36.4 Å². The average Bonchev–Trinajstić information content (AvgIpc) is 3.22. The van der Waals surface area contributed by atoms with E-state index in [2.05, 4.69) is 30.8 Å². The molecule has 0 aliphatic carbocycles. The Morgan fingerprint density at radius 2 is 2.10 bits per heavy atom. The van der Waals surface area contributed by atoms with Crippen molar-refractivity contribution in [3.8, 4) is 11.5 Å².